The highest BCUT2D eigenvalue weighted by atomic mass is 35.5. The lowest BCUT2D eigenvalue weighted by atomic mass is 10.2. The van der Waals surface area contributed by atoms with E-state index in [1.54, 1.807) is 18.2 Å². The number of amides is 1. The Morgan fingerprint density at radius 3 is 2.51 bits per heavy atom. The lowest BCUT2D eigenvalue weighted by Gasteiger charge is -2.07. The summed E-state index contributed by atoms with van der Waals surface area (Å²) in [4.78, 5) is 23.0. The summed E-state index contributed by atoms with van der Waals surface area (Å²) in [5.41, 5.74) is 0.490. The van der Waals surface area contributed by atoms with E-state index in [1.165, 1.54) is 41.2 Å². The average molecular weight is 556 g/mol. The van der Waals surface area contributed by atoms with Gasteiger partial charge in [-0.2, -0.15) is 5.10 Å². The Bertz CT molecular complexity index is 1400. The van der Waals surface area contributed by atoms with Crippen LogP contribution in [0.3, 0.4) is 0 Å². The molecule has 9 nitrogen and oxygen atoms in total. The third kappa shape index (κ3) is 5.88. The van der Waals surface area contributed by atoms with Gasteiger partial charge in [0.2, 0.25) is 0 Å². The second-order valence-corrected chi connectivity index (χ2v) is 8.73. The van der Waals surface area contributed by atoms with Crippen LogP contribution in [0.25, 0.3) is 0 Å². The van der Waals surface area contributed by atoms with Gasteiger partial charge in [-0.25, -0.2) is 0 Å². The van der Waals surface area contributed by atoms with Crippen molar-refractivity contribution in [2.75, 3.05) is 5.32 Å². The standard InChI is InChI=1S/C22H14Cl4N4O5/c23-15-2-1-3-16(24)14(15)9-29-10-18(26)21(28-29)27-22(31)19-7-5-13(35-19)11-34-20-8-12(30(32)33)4-6-17(20)25/h1-8,10H,9,11H2,(H,27,28,31). The number of rotatable bonds is 8. The van der Waals surface area contributed by atoms with Crippen LogP contribution in [0.1, 0.15) is 21.9 Å². The molecule has 0 saturated heterocycles. The van der Waals surface area contributed by atoms with Crippen molar-refractivity contribution in [1.82, 2.24) is 9.78 Å². The minimum absolute atomic E-state index is 0.0199. The summed E-state index contributed by atoms with van der Waals surface area (Å²) in [6.45, 7) is 0.138. The van der Waals surface area contributed by atoms with Gasteiger partial charge in [0.05, 0.1) is 22.6 Å². The molecule has 4 aromatic rings. The van der Waals surface area contributed by atoms with E-state index in [4.69, 9.17) is 55.6 Å². The van der Waals surface area contributed by atoms with Gasteiger partial charge in [-0.1, -0.05) is 52.5 Å². The van der Waals surface area contributed by atoms with Crippen LogP contribution in [0.4, 0.5) is 11.5 Å². The summed E-state index contributed by atoms with van der Waals surface area (Å²) in [6, 6.07) is 11.9. The summed E-state index contributed by atoms with van der Waals surface area (Å²) in [5.74, 6) is -0.0830. The number of non-ortho nitro benzene ring substituents is 1. The van der Waals surface area contributed by atoms with Crippen molar-refractivity contribution in [2.24, 2.45) is 0 Å². The van der Waals surface area contributed by atoms with Crippen molar-refractivity contribution in [3.8, 4) is 5.75 Å². The highest BCUT2D eigenvalue weighted by molar-refractivity contribution is 6.36. The van der Waals surface area contributed by atoms with Crippen LogP contribution < -0.4 is 10.1 Å². The first-order valence-corrected chi connectivity index (χ1v) is 11.3. The number of nitro groups is 1. The van der Waals surface area contributed by atoms with E-state index in [1.807, 2.05) is 0 Å². The average Bonchev–Trinajstić information content (AvgIpc) is 3.42. The molecule has 35 heavy (non-hydrogen) atoms. The number of anilines is 1. The van der Waals surface area contributed by atoms with Crippen LogP contribution in [0, 0.1) is 10.1 Å². The fourth-order valence-electron chi connectivity index (χ4n) is 3.02. The van der Waals surface area contributed by atoms with Crippen LogP contribution in [0.15, 0.2) is 59.1 Å². The number of halogens is 4. The number of carbonyl (C=O) groups is 1. The zero-order valence-corrected chi connectivity index (χ0v) is 20.5. The number of nitro benzene ring substituents is 1. The smallest absolute Gasteiger partial charge is 0.292 e. The molecule has 0 aliphatic rings. The molecule has 0 unspecified atom stereocenters. The Morgan fingerprint density at radius 2 is 1.80 bits per heavy atom. The van der Waals surface area contributed by atoms with E-state index in [0.717, 1.165) is 0 Å². The first-order valence-electron chi connectivity index (χ1n) is 9.84. The zero-order chi connectivity index (χ0) is 25.1. The summed E-state index contributed by atoms with van der Waals surface area (Å²) in [6.07, 6.45) is 1.53. The van der Waals surface area contributed by atoms with Crippen LogP contribution in [-0.4, -0.2) is 20.6 Å². The summed E-state index contributed by atoms with van der Waals surface area (Å²) in [5, 5.41) is 19.1. The summed E-state index contributed by atoms with van der Waals surface area (Å²) < 4.78 is 12.5. The number of nitrogens with one attached hydrogen (secondary N) is 1. The van der Waals surface area contributed by atoms with Gasteiger partial charge in [0, 0.05) is 27.9 Å². The topological polar surface area (TPSA) is 112 Å². The number of hydrogen-bond donors (Lipinski definition) is 1. The van der Waals surface area contributed by atoms with Crippen molar-refractivity contribution < 1.29 is 18.9 Å². The Kier molecular flexibility index (Phi) is 7.51. The maximum absolute atomic E-state index is 12.6. The second kappa shape index (κ2) is 10.6. The largest absolute Gasteiger partial charge is 0.484 e. The van der Waals surface area contributed by atoms with Crippen LogP contribution in [0.2, 0.25) is 20.1 Å². The predicted octanol–water partition coefficient (Wildman–Crippen LogP) is 6.88. The predicted molar refractivity (Wildman–Crippen MR) is 132 cm³/mol. The molecule has 0 radical (unpaired) electrons. The van der Waals surface area contributed by atoms with E-state index in [9.17, 15) is 14.9 Å². The number of ether oxygens (including phenoxy) is 1. The normalized spacial score (nSPS) is 10.9. The Labute approximate surface area is 218 Å². The van der Waals surface area contributed by atoms with E-state index in [0.29, 0.717) is 21.4 Å². The van der Waals surface area contributed by atoms with Gasteiger partial charge in [0.25, 0.3) is 11.6 Å². The SMILES string of the molecule is O=C(Nc1nn(Cc2c(Cl)cccc2Cl)cc1Cl)c1ccc(COc2cc([N+](=O)[O-])ccc2Cl)o1. The number of benzene rings is 2. The van der Waals surface area contributed by atoms with Gasteiger partial charge in [0.1, 0.15) is 23.1 Å². The number of nitrogens with zero attached hydrogens (tertiary/aromatic N) is 3. The molecular formula is C22H14Cl4N4O5. The molecule has 2 aromatic carbocycles. The molecule has 180 valence electrons. The number of carbonyl (C=O) groups excluding carboxylic acids is 1. The molecule has 13 heteroatoms. The first kappa shape index (κ1) is 24.9. The molecule has 1 amide bonds. The van der Waals surface area contributed by atoms with Crippen molar-refractivity contribution in [1.29, 1.82) is 0 Å². The van der Waals surface area contributed by atoms with Gasteiger partial charge in [0.15, 0.2) is 11.6 Å². The molecule has 1 N–H and O–H groups in total. The monoisotopic (exact) mass is 554 g/mol. The fourth-order valence-corrected chi connectivity index (χ4v) is 3.91. The highest BCUT2D eigenvalue weighted by Gasteiger charge is 2.18. The lowest BCUT2D eigenvalue weighted by molar-refractivity contribution is -0.384. The van der Waals surface area contributed by atoms with E-state index in [-0.39, 0.29) is 46.2 Å². The number of aromatic nitrogens is 2. The van der Waals surface area contributed by atoms with E-state index in [2.05, 4.69) is 10.4 Å². The van der Waals surface area contributed by atoms with Gasteiger partial charge >= 0.3 is 0 Å². The Morgan fingerprint density at radius 1 is 1.06 bits per heavy atom. The van der Waals surface area contributed by atoms with E-state index >= 15 is 0 Å². The highest BCUT2D eigenvalue weighted by Crippen LogP contribution is 2.30. The van der Waals surface area contributed by atoms with Gasteiger partial charge in [-0.05, 0) is 30.3 Å². The van der Waals surface area contributed by atoms with Crippen molar-refractivity contribution in [3.63, 3.8) is 0 Å². The zero-order valence-electron chi connectivity index (χ0n) is 17.5. The molecule has 0 bridgehead atoms. The quantitative estimate of drug-likeness (QED) is 0.187. The second-order valence-electron chi connectivity index (χ2n) is 7.10. The van der Waals surface area contributed by atoms with E-state index < -0.39 is 10.8 Å². The maximum Gasteiger partial charge on any atom is 0.292 e. The molecular weight excluding hydrogens is 542 g/mol. The molecule has 0 fully saturated rings. The molecule has 0 atom stereocenters. The molecule has 0 aliphatic carbocycles. The van der Waals surface area contributed by atoms with Crippen LogP contribution >= 0.6 is 46.4 Å². The van der Waals surface area contributed by atoms with Crippen molar-refractivity contribution in [3.05, 3.63) is 102 Å². The number of furan rings is 1. The number of hydrogen-bond acceptors (Lipinski definition) is 6. The molecule has 2 heterocycles. The van der Waals surface area contributed by atoms with Crippen molar-refractivity contribution in [2.45, 2.75) is 13.2 Å². The van der Waals surface area contributed by atoms with Crippen LogP contribution in [0.5, 0.6) is 5.75 Å². The molecule has 0 saturated carbocycles. The lowest BCUT2D eigenvalue weighted by Crippen LogP contribution is -2.12. The van der Waals surface area contributed by atoms with Gasteiger partial charge in [-0.3, -0.25) is 19.6 Å². The molecule has 0 aliphatic heterocycles. The summed E-state index contributed by atoms with van der Waals surface area (Å²) in [7, 11) is 0. The maximum atomic E-state index is 12.6. The van der Waals surface area contributed by atoms with Gasteiger partial charge < -0.3 is 14.5 Å². The van der Waals surface area contributed by atoms with Crippen molar-refractivity contribution >= 4 is 63.8 Å². The molecule has 4 rings (SSSR count). The minimum Gasteiger partial charge on any atom is -0.484 e. The third-order valence-electron chi connectivity index (χ3n) is 4.71. The Balaban J connectivity index is 1.41. The fraction of sp³-hybridized carbons (Fsp3) is 0.0909. The summed E-state index contributed by atoms with van der Waals surface area (Å²) >= 11 is 24.6. The minimum atomic E-state index is -0.590. The van der Waals surface area contributed by atoms with Gasteiger partial charge in [-0.15, -0.1) is 0 Å². The van der Waals surface area contributed by atoms with Crippen LogP contribution in [-0.2, 0) is 13.2 Å². The molecule has 0 spiro atoms. The Hall–Kier alpha value is -3.24. The third-order valence-corrected chi connectivity index (χ3v) is 6.01. The molecule has 2 aromatic heterocycles. The first-order chi connectivity index (χ1) is 16.7.